The molecule has 0 unspecified atom stereocenters. The van der Waals surface area contributed by atoms with Gasteiger partial charge in [0.15, 0.2) is 0 Å². The molecule has 3 nitrogen and oxygen atoms in total. The van der Waals surface area contributed by atoms with Crippen molar-refractivity contribution in [1.29, 1.82) is 0 Å². The lowest BCUT2D eigenvalue weighted by Gasteiger charge is -1.88. The lowest BCUT2D eigenvalue weighted by molar-refractivity contribution is 0.398. The molecule has 0 aliphatic carbocycles. The van der Waals surface area contributed by atoms with Gasteiger partial charge in [0, 0.05) is 6.20 Å². The Hall–Kier alpha value is -1.16. The van der Waals surface area contributed by atoms with Crippen molar-refractivity contribution in [2.45, 2.75) is 20.3 Å². The lowest BCUT2D eigenvalue weighted by Crippen LogP contribution is -1.70. The van der Waals surface area contributed by atoms with Crippen LogP contribution in [0.15, 0.2) is 16.9 Å². The molecule has 2 rings (SSSR count). The number of aromatic nitrogens is 2. The fourth-order valence-corrected chi connectivity index (χ4v) is 2.05. The summed E-state index contributed by atoms with van der Waals surface area (Å²) >= 11 is 1.69. The van der Waals surface area contributed by atoms with Gasteiger partial charge in [-0.05, 0) is 13.3 Å². The SMILES string of the molecule is CCc1ncc(-c2cnoc2C)s1. The third-order valence-corrected chi connectivity index (χ3v) is 3.05. The molecule has 0 fully saturated rings. The van der Waals surface area contributed by atoms with E-state index in [0.717, 1.165) is 27.6 Å². The van der Waals surface area contributed by atoms with E-state index in [1.807, 2.05) is 13.1 Å². The van der Waals surface area contributed by atoms with Gasteiger partial charge in [0.25, 0.3) is 0 Å². The van der Waals surface area contributed by atoms with E-state index >= 15 is 0 Å². The highest BCUT2D eigenvalue weighted by molar-refractivity contribution is 7.15. The molecular weight excluding hydrogens is 184 g/mol. The summed E-state index contributed by atoms with van der Waals surface area (Å²) in [7, 11) is 0. The second kappa shape index (κ2) is 3.30. The average Bonchev–Trinajstić information content (AvgIpc) is 2.71. The molecule has 0 aliphatic rings. The first-order valence-corrected chi connectivity index (χ1v) is 4.99. The average molecular weight is 194 g/mol. The minimum absolute atomic E-state index is 0.853. The summed E-state index contributed by atoms with van der Waals surface area (Å²) in [6.45, 7) is 4.01. The summed E-state index contributed by atoms with van der Waals surface area (Å²) in [6, 6.07) is 0. The van der Waals surface area contributed by atoms with Crippen LogP contribution in [0.25, 0.3) is 10.4 Å². The van der Waals surface area contributed by atoms with Crippen LogP contribution in [-0.2, 0) is 6.42 Å². The molecule has 0 aromatic carbocycles. The summed E-state index contributed by atoms with van der Waals surface area (Å²) in [6.07, 6.45) is 4.60. The van der Waals surface area contributed by atoms with Gasteiger partial charge in [-0.15, -0.1) is 11.3 Å². The van der Waals surface area contributed by atoms with E-state index in [9.17, 15) is 0 Å². The Labute approximate surface area is 80.4 Å². The van der Waals surface area contributed by atoms with E-state index in [0.29, 0.717) is 0 Å². The normalized spacial score (nSPS) is 10.6. The van der Waals surface area contributed by atoms with Crippen molar-refractivity contribution in [3.8, 4) is 10.4 Å². The smallest absolute Gasteiger partial charge is 0.142 e. The standard InChI is InChI=1S/C9H10N2OS/c1-3-9-10-5-8(13-9)7-4-11-12-6(7)2/h4-5H,3H2,1-2H3. The first-order valence-electron chi connectivity index (χ1n) is 4.17. The van der Waals surface area contributed by atoms with Crippen LogP contribution in [0.2, 0.25) is 0 Å². The molecule has 2 aromatic rings. The Morgan fingerprint density at radius 1 is 1.46 bits per heavy atom. The molecule has 2 heterocycles. The molecule has 4 heteroatoms. The minimum Gasteiger partial charge on any atom is -0.361 e. The van der Waals surface area contributed by atoms with E-state index in [1.165, 1.54) is 0 Å². The molecule has 0 saturated heterocycles. The lowest BCUT2D eigenvalue weighted by atomic mass is 10.2. The summed E-state index contributed by atoms with van der Waals surface area (Å²) < 4.78 is 4.99. The summed E-state index contributed by atoms with van der Waals surface area (Å²) in [4.78, 5) is 5.42. The molecule has 2 aromatic heterocycles. The van der Waals surface area contributed by atoms with E-state index in [1.54, 1.807) is 17.5 Å². The second-order valence-corrected chi connectivity index (χ2v) is 3.88. The van der Waals surface area contributed by atoms with Gasteiger partial charge in [-0.3, -0.25) is 0 Å². The van der Waals surface area contributed by atoms with Crippen molar-refractivity contribution < 1.29 is 4.52 Å². The highest BCUT2D eigenvalue weighted by atomic mass is 32.1. The number of nitrogens with zero attached hydrogens (tertiary/aromatic N) is 2. The number of hydrogen-bond acceptors (Lipinski definition) is 4. The van der Waals surface area contributed by atoms with Crippen molar-refractivity contribution in [3.05, 3.63) is 23.2 Å². The molecule has 0 spiro atoms. The fourth-order valence-electron chi connectivity index (χ4n) is 1.13. The van der Waals surface area contributed by atoms with Gasteiger partial charge in [0.05, 0.1) is 21.6 Å². The Bertz CT molecular complexity index is 405. The molecule has 13 heavy (non-hydrogen) atoms. The zero-order chi connectivity index (χ0) is 9.26. The third kappa shape index (κ3) is 1.49. The van der Waals surface area contributed by atoms with Gasteiger partial charge < -0.3 is 4.52 Å². The largest absolute Gasteiger partial charge is 0.361 e. The van der Waals surface area contributed by atoms with Crippen LogP contribution in [0.5, 0.6) is 0 Å². The van der Waals surface area contributed by atoms with E-state index in [4.69, 9.17) is 4.52 Å². The molecule has 0 aliphatic heterocycles. The molecule has 0 bridgehead atoms. The Kier molecular flexibility index (Phi) is 2.14. The Balaban J connectivity index is 2.41. The van der Waals surface area contributed by atoms with E-state index in [2.05, 4.69) is 17.1 Å². The number of thiazole rings is 1. The van der Waals surface area contributed by atoms with Crippen LogP contribution in [0, 0.1) is 6.92 Å². The molecule has 0 amide bonds. The van der Waals surface area contributed by atoms with Crippen molar-refractivity contribution in [2.75, 3.05) is 0 Å². The second-order valence-electron chi connectivity index (χ2n) is 2.77. The molecular formula is C9H10N2OS. The topological polar surface area (TPSA) is 38.9 Å². The number of hydrogen-bond donors (Lipinski definition) is 0. The summed E-state index contributed by atoms with van der Waals surface area (Å²) in [5.74, 6) is 0.853. The highest BCUT2D eigenvalue weighted by Crippen LogP contribution is 2.28. The molecule has 0 radical (unpaired) electrons. The monoisotopic (exact) mass is 194 g/mol. The van der Waals surface area contributed by atoms with Crippen LogP contribution in [0.3, 0.4) is 0 Å². The van der Waals surface area contributed by atoms with Gasteiger partial charge >= 0.3 is 0 Å². The molecule has 0 N–H and O–H groups in total. The maximum absolute atomic E-state index is 4.99. The van der Waals surface area contributed by atoms with Gasteiger partial charge in [0.2, 0.25) is 0 Å². The predicted molar refractivity (Wildman–Crippen MR) is 51.7 cm³/mol. The molecule has 68 valence electrons. The van der Waals surface area contributed by atoms with Crippen LogP contribution in [0.4, 0.5) is 0 Å². The van der Waals surface area contributed by atoms with Gasteiger partial charge in [-0.2, -0.15) is 0 Å². The summed E-state index contributed by atoms with van der Waals surface area (Å²) in [5.41, 5.74) is 1.05. The van der Waals surface area contributed by atoms with Crippen molar-refractivity contribution in [2.24, 2.45) is 0 Å². The Morgan fingerprint density at radius 3 is 2.85 bits per heavy atom. The highest BCUT2D eigenvalue weighted by Gasteiger charge is 2.08. The number of rotatable bonds is 2. The minimum atomic E-state index is 0.853. The van der Waals surface area contributed by atoms with Crippen molar-refractivity contribution in [1.82, 2.24) is 10.1 Å². The Morgan fingerprint density at radius 2 is 2.31 bits per heavy atom. The number of aryl methyl sites for hydroxylation is 2. The first kappa shape index (κ1) is 8.44. The van der Waals surface area contributed by atoms with Crippen LogP contribution in [0.1, 0.15) is 17.7 Å². The maximum atomic E-state index is 4.99. The zero-order valence-corrected chi connectivity index (χ0v) is 8.39. The van der Waals surface area contributed by atoms with Crippen LogP contribution >= 0.6 is 11.3 Å². The molecule has 0 atom stereocenters. The van der Waals surface area contributed by atoms with Gasteiger partial charge in [-0.25, -0.2) is 4.98 Å². The van der Waals surface area contributed by atoms with Crippen LogP contribution < -0.4 is 0 Å². The quantitative estimate of drug-likeness (QED) is 0.737. The van der Waals surface area contributed by atoms with Crippen molar-refractivity contribution >= 4 is 11.3 Å². The third-order valence-electron chi connectivity index (χ3n) is 1.87. The predicted octanol–water partition coefficient (Wildman–Crippen LogP) is 2.67. The summed E-state index contributed by atoms with van der Waals surface area (Å²) in [5, 5.41) is 4.89. The van der Waals surface area contributed by atoms with Gasteiger partial charge in [-0.1, -0.05) is 12.1 Å². The zero-order valence-electron chi connectivity index (χ0n) is 7.57. The van der Waals surface area contributed by atoms with Gasteiger partial charge in [0.1, 0.15) is 5.76 Å². The van der Waals surface area contributed by atoms with Crippen molar-refractivity contribution in [3.63, 3.8) is 0 Å². The van der Waals surface area contributed by atoms with E-state index in [-0.39, 0.29) is 0 Å². The maximum Gasteiger partial charge on any atom is 0.142 e. The first-order chi connectivity index (χ1) is 6.31. The van der Waals surface area contributed by atoms with Crippen LogP contribution in [-0.4, -0.2) is 10.1 Å². The van der Waals surface area contributed by atoms with E-state index < -0.39 is 0 Å². The molecule has 0 saturated carbocycles. The fraction of sp³-hybridized carbons (Fsp3) is 0.333.